The Kier molecular flexibility index (Phi) is 8.62. The van der Waals surface area contributed by atoms with E-state index < -0.39 is 0 Å². The van der Waals surface area contributed by atoms with Gasteiger partial charge in [0.1, 0.15) is 0 Å². The topological polar surface area (TPSA) is 59.6 Å². The lowest BCUT2D eigenvalue weighted by Crippen LogP contribution is -2.35. The van der Waals surface area contributed by atoms with Crippen LogP contribution in [0.3, 0.4) is 0 Å². The van der Waals surface area contributed by atoms with E-state index in [0.717, 1.165) is 11.1 Å². The van der Waals surface area contributed by atoms with Crippen LogP contribution in [0.25, 0.3) is 0 Å². The zero-order chi connectivity index (χ0) is 14.6. The molecule has 0 bridgehead atoms. The molecular formula is C15H24N2O3. The number of hydrogen-bond donors (Lipinski definition) is 2. The van der Waals surface area contributed by atoms with Crippen LogP contribution in [0, 0.1) is 0 Å². The number of methoxy groups -OCH3 is 1. The molecule has 1 aromatic rings. The zero-order valence-corrected chi connectivity index (χ0v) is 12.3. The van der Waals surface area contributed by atoms with Gasteiger partial charge in [-0.15, -0.1) is 0 Å². The van der Waals surface area contributed by atoms with Crippen molar-refractivity contribution in [1.29, 1.82) is 0 Å². The molecule has 0 radical (unpaired) electrons. The van der Waals surface area contributed by atoms with Gasteiger partial charge in [0, 0.05) is 26.8 Å². The van der Waals surface area contributed by atoms with Gasteiger partial charge in [0.2, 0.25) is 5.91 Å². The largest absolute Gasteiger partial charge is 0.383 e. The highest BCUT2D eigenvalue weighted by Gasteiger charge is 2.04. The van der Waals surface area contributed by atoms with Gasteiger partial charge in [0.25, 0.3) is 0 Å². The first-order valence-electron chi connectivity index (χ1n) is 6.88. The van der Waals surface area contributed by atoms with Gasteiger partial charge >= 0.3 is 0 Å². The molecule has 112 valence electrons. The van der Waals surface area contributed by atoms with E-state index in [1.165, 1.54) is 0 Å². The minimum atomic E-state index is -0.0210. The molecule has 0 aromatic heterocycles. The highest BCUT2D eigenvalue weighted by atomic mass is 16.5. The predicted molar refractivity (Wildman–Crippen MR) is 78.4 cm³/mol. The molecule has 0 aliphatic carbocycles. The predicted octanol–water partition coefficient (Wildman–Crippen LogP) is 1.08. The molecule has 1 amide bonds. The Bertz CT molecular complexity index is 396. The van der Waals surface area contributed by atoms with Crippen molar-refractivity contribution in [2.45, 2.75) is 20.1 Å². The molecule has 0 unspecified atom stereocenters. The number of amides is 1. The summed E-state index contributed by atoms with van der Waals surface area (Å²) in [4.78, 5) is 11.7. The summed E-state index contributed by atoms with van der Waals surface area (Å²) in [5.41, 5.74) is 2.20. The fourth-order valence-corrected chi connectivity index (χ4v) is 1.72. The van der Waals surface area contributed by atoms with Crippen LogP contribution in [0.15, 0.2) is 24.3 Å². The number of carbonyl (C=O) groups is 1. The van der Waals surface area contributed by atoms with Crippen molar-refractivity contribution in [3.63, 3.8) is 0 Å². The highest BCUT2D eigenvalue weighted by Crippen LogP contribution is 2.09. The number of benzene rings is 1. The molecule has 0 heterocycles. The van der Waals surface area contributed by atoms with Gasteiger partial charge in [-0.05, 0) is 18.1 Å². The monoisotopic (exact) mass is 280 g/mol. The van der Waals surface area contributed by atoms with E-state index in [2.05, 4.69) is 10.6 Å². The number of rotatable bonds is 10. The van der Waals surface area contributed by atoms with E-state index in [-0.39, 0.29) is 5.91 Å². The van der Waals surface area contributed by atoms with Crippen LogP contribution in [-0.4, -0.2) is 39.3 Å². The van der Waals surface area contributed by atoms with Gasteiger partial charge < -0.3 is 20.1 Å². The van der Waals surface area contributed by atoms with Crippen LogP contribution in [0.4, 0.5) is 0 Å². The van der Waals surface area contributed by atoms with Gasteiger partial charge in [-0.3, -0.25) is 4.79 Å². The summed E-state index contributed by atoms with van der Waals surface area (Å²) < 4.78 is 10.3. The first-order chi connectivity index (χ1) is 9.77. The molecule has 20 heavy (non-hydrogen) atoms. The summed E-state index contributed by atoms with van der Waals surface area (Å²) in [7, 11) is 1.64. The van der Waals surface area contributed by atoms with Crippen molar-refractivity contribution >= 4 is 5.91 Å². The molecule has 0 fully saturated rings. The Morgan fingerprint density at radius 1 is 1.25 bits per heavy atom. The van der Waals surface area contributed by atoms with Gasteiger partial charge in [-0.2, -0.15) is 0 Å². The average Bonchev–Trinajstić information content (AvgIpc) is 2.48. The fraction of sp³-hybridized carbons (Fsp3) is 0.533. The smallest absolute Gasteiger partial charge is 0.234 e. The van der Waals surface area contributed by atoms with Crippen molar-refractivity contribution in [2.24, 2.45) is 0 Å². The van der Waals surface area contributed by atoms with E-state index in [4.69, 9.17) is 9.47 Å². The molecule has 0 aliphatic rings. The Hall–Kier alpha value is -1.43. The summed E-state index contributed by atoms with van der Waals surface area (Å²) in [5.74, 6) is -0.0210. The molecule has 0 spiro atoms. The van der Waals surface area contributed by atoms with E-state index >= 15 is 0 Å². The molecule has 0 saturated heterocycles. The second-order valence-electron chi connectivity index (χ2n) is 4.35. The lowest BCUT2D eigenvalue weighted by Gasteiger charge is -2.11. The minimum absolute atomic E-state index is 0.0210. The first-order valence-corrected chi connectivity index (χ1v) is 6.88. The van der Waals surface area contributed by atoms with Gasteiger partial charge in [-0.25, -0.2) is 0 Å². The fourth-order valence-electron chi connectivity index (χ4n) is 1.72. The number of carbonyl (C=O) groups excluding carboxylic acids is 1. The Labute approximate surface area is 120 Å². The van der Waals surface area contributed by atoms with Gasteiger partial charge in [0.15, 0.2) is 0 Å². The second-order valence-corrected chi connectivity index (χ2v) is 4.35. The van der Waals surface area contributed by atoms with Crippen LogP contribution < -0.4 is 10.6 Å². The van der Waals surface area contributed by atoms with Crippen LogP contribution in [0.5, 0.6) is 0 Å². The quantitative estimate of drug-likeness (QED) is 0.630. The SMILES string of the molecule is CCOCc1ccccc1CNC(=O)CNCCOC. The third-order valence-corrected chi connectivity index (χ3v) is 2.82. The summed E-state index contributed by atoms with van der Waals surface area (Å²) in [5, 5.41) is 5.90. The normalized spacial score (nSPS) is 10.5. The number of nitrogens with one attached hydrogen (secondary N) is 2. The van der Waals surface area contributed by atoms with E-state index in [9.17, 15) is 4.79 Å². The summed E-state index contributed by atoms with van der Waals surface area (Å²) in [6, 6.07) is 7.97. The van der Waals surface area contributed by atoms with Crippen LogP contribution >= 0.6 is 0 Å². The molecule has 0 aliphatic heterocycles. The Morgan fingerprint density at radius 3 is 2.70 bits per heavy atom. The molecule has 5 heteroatoms. The van der Waals surface area contributed by atoms with Crippen molar-refractivity contribution in [1.82, 2.24) is 10.6 Å². The maximum atomic E-state index is 11.7. The van der Waals surface area contributed by atoms with E-state index in [1.54, 1.807) is 7.11 Å². The van der Waals surface area contributed by atoms with Gasteiger partial charge in [0.05, 0.1) is 19.8 Å². The Morgan fingerprint density at radius 2 is 2.00 bits per heavy atom. The molecule has 0 saturated carbocycles. The molecular weight excluding hydrogens is 256 g/mol. The molecule has 5 nitrogen and oxygen atoms in total. The summed E-state index contributed by atoms with van der Waals surface area (Å²) in [6.07, 6.45) is 0. The third kappa shape index (κ3) is 6.65. The summed E-state index contributed by atoms with van der Waals surface area (Å²) >= 11 is 0. The maximum absolute atomic E-state index is 11.7. The zero-order valence-electron chi connectivity index (χ0n) is 12.3. The van der Waals surface area contributed by atoms with E-state index in [1.807, 2.05) is 31.2 Å². The highest BCUT2D eigenvalue weighted by molar-refractivity contribution is 5.77. The lowest BCUT2D eigenvalue weighted by atomic mass is 10.1. The van der Waals surface area contributed by atoms with Crippen molar-refractivity contribution in [3.05, 3.63) is 35.4 Å². The van der Waals surface area contributed by atoms with Crippen LogP contribution in [0.2, 0.25) is 0 Å². The van der Waals surface area contributed by atoms with Crippen molar-refractivity contribution < 1.29 is 14.3 Å². The molecule has 1 aromatic carbocycles. The standard InChI is InChI=1S/C15H24N2O3/c1-3-20-12-14-7-5-4-6-13(14)10-17-15(18)11-16-8-9-19-2/h4-7,16H,3,8-12H2,1-2H3,(H,17,18). The van der Waals surface area contributed by atoms with Crippen molar-refractivity contribution in [2.75, 3.05) is 33.4 Å². The Balaban J connectivity index is 2.35. The average molecular weight is 280 g/mol. The number of hydrogen-bond acceptors (Lipinski definition) is 4. The van der Waals surface area contributed by atoms with E-state index in [0.29, 0.717) is 39.5 Å². The van der Waals surface area contributed by atoms with Gasteiger partial charge in [-0.1, -0.05) is 24.3 Å². The van der Waals surface area contributed by atoms with Crippen molar-refractivity contribution in [3.8, 4) is 0 Å². The maximum Gasteiger partial charge on any atom is 0.234 e. The molecule has 1 rings (SSSR count). The number of ether oxygens (including phenoxy) is 2. The van der Waals surface area contributed by atoms with Crippen LogP contribution in [0.1, 0.15) is 18.1 Å². The molecule has 2 N–H and O–H groups in total. The van der Waals surface area contributed by atoms with Crippen LogP contribution in [-0.2, 0) is 27.4 Å². The summed E-state index contributed by atoms with van der Waals surface area (Å²) in [6.45, 7) is 5.33. The minimum Gasteiger partial charge on any atom is -0.383 e. The first kappa shape index (κ1) is 16.6. The molecule has 0 atom stereocenters. The lowest BCUT2D eigenvalue weighted by molar-refractivity contribution is -0.120. The third-order valence-electron chi connectivity index (χ3n) is 2.82. The second kappa shape index (κ2) is 10.4.